The van der Waals surface area contributed by atoms with Gasteiger partial charge in [0.05, 0.1) is 4.90 Å². The average molecular weight is 274 g/mol. The minimum Gasteiger partial charge on any atom is -0.399 e. The zero-order valence-electron chi connectivity index (χ0n) is 10.8. The second-order valence-electron chi connectivity index (χ2n) is 5.06. The van der Waals surface area contributed by atoms with Crippen LogP contribution in [-0.4, -0.2) is 15.0 Å². The molecular formula is C12H19FN2O2S. The molecule has 3 N–H and O–H groups in total. The van der Waals surface area contributed by atoms with Gasteiger partial charge in [0.15, 0.2) is 0 Å². The first-order chi connectivity index (χ1) is 8.16. The second-order valence-corrected chi connectivity index (χ2v) is 6.83. The summed E-state index contributed by atoms with van der Waals surface area (Å²) < 4.78 is 39.5. The second kappa shape index (κ2) is 5.24. The number of nitrogen functional groups attached to an aromatic ring is 1. The number of halogens is 1. The Morgan fingerprint density at radius 2 is 1.94 bits per heavy atom. The quantitative estimate of drug-likeness (QED) is 0.808. The Hall–Kier alpha value is -1.14. The summed E-state index contributed by atoms with van der Waals surface area (Å²) in [5.74, 6) is -0.662. The van der Waals surface area contributed by atoms with E-state index in [9.17, 15) is 12.8 Å². The molecule has 0 aliphatic rings. The molecule has 1 aromatic carbocycles. The summed E-state index contributed by atoms with van der Waals surface area (Å²) in [6.07, 6.45) is 0.834. The molecule has 0 saturated carbocycles. The van der Waals surface area contributed by atoms with Gasteiger partial charge >= 0.3 is 0 Å². The number of nitrogens with one attached hydrogen (secondary N) is 1. The predicted octanol–water partition coefficient (Wildman–Crippen LogP) is 2.12. The first-order valence-electron chi connectivity index (χ1n) is 5.72. The fourth-order valence-corrected chi connectivity index (χ4v) is 2.54. The van der Waals surface area contributed by atoms with E-state index in [1.807, 2.05) is 20.8 Å². The van der Waals surface area contributed by atoms with Crippen LogP contribution in [0.5, 0.6) is 0 Å². The van der Waals surface area contributed by atoms with Crippen LogP contribution in [0.15, 0.2) is 23.1 Å². The number of anilines is 1. The van der Waals surface area contributed by atoms with Gasteiger partial charge in [0.2, 0.25) is 10.0 Å². The standard InChI is InChI=1S/C12H19FN2O2S/c1-4-12(2,3)8-15-18(16,17)11-6-9(13)5-10(14)7-11/h5-7,15H,4,8,14H2,1-3H3. The van der Waals surface area contributed by atoms with Crippen LogP contribution in [0.25, 0.3) is 0 Å². The number of hydrogen-bond donors (Lipinski definition) is 2. The highest BCUT2D eigenvalue weighted by Crippen LogP contribution is 2.20. The largest absolute Gasteiger partial charge is 0.399 e. The number of nitrogens with two attached hydrogens (primary N) is 1. The first-order valence-corrected chi connectivity index (χ1v) is 7.20. The third-order valence-corrected chi connectivity index (χ3v) is 4.28. The van der Waals surface area contributed by atoms with Gasteiger partial charge in [-0.3, -0.25) is 0 Å². The lowest BCUT2D eigenvalue weighted by atomic mass is 9.91. The summed E-state index contributed by atoms with van der Waals surface area (Å²) in [6, 6.07) is 3.27. The van der Waals surface area contributed by atoms with Crippen LogP contribution in [0.2, 0.25) is 0 Å². The molecular weight excluding hydrogens is 255 g/mol. The van der Waals surface area contributed by atoms with Crippen molar-refractivity contribution in [2.45, 2.75) is 32.1 Å². The molecule has 4 nitrogen and oxygen atoms in total. The Morgan fingerprint density at radius 3 is 2.44 bits per heavy atom. The van der Waals surface area contributed by atoms with E-state index >= 15 is 0 Å². The van der Waals surface area contributed by atoms with Crippen LogP contribution in [-0.2, 0) is 10.0 Å². The summed E-state index contributed by atoms with van der Waals surface area (Å²) in [5, 5.41) is 0. The Bertz CT molecular complexity index is 507. The van der Waals surface area contributed by atoms with Gasteiger partial charge in [0, 0.05) is 12.2 Å². The van der Waals surface area contributed by atoms with E-state index in [-0.39, 0.29) is 16.0 Å². The highest BCUT2D eigenvalue weighted by Gasteiger charge is 2.21. The summed E-state index contributed by atoms with van der Waals surface area (Å²) in [4.78, 5) is -0.146. The Labute approximate surface area is 107 Å². The van der Waals surface area contributed by atoms with Crippen LogP contribution in [0, 0.1) is 11.2 Å². The lowest BCUT2D eigenvalue weighted by Crippen LogP contribution is -2.33. The summed E-state index contributed by atoms with van der Waals surface area (Å²) in [7, 11) is -3.72. The highest BCUT2D eigenvalue weighted by atomic mass is 32.2. The molecule has 0 aliphatic carbocycles. The van der Waals surface area contributed by atoms with Crippen molar-refractivity contribution in [2.75, 3.05) is 12.3 Å². The smallest absolute Gasteiger partial charge is 0.240 e. The van der Waals surface area contributed by atoms with Gasteiger partial charge in [-0.05, 0) is 30.0 Å². The average Bonchev–Trinajstić information content (AvgIpc) is 2.25. The molecule has 0 aliphatic heterocycles. The van der Waals surface area contributed by atoms with Crippen LogP contribution in [0.4, 0.5) is 10.1 Å². The van der Waals surface area contributed by atoms with Crippen molar-refractivity contribution < 1.29 is 12.8 Å². The van der Waals surface area contributed by atoms with Gasteiger partial charge in [0.25, 0.3) is 0 Å². The summed E-state index contributed by atoms with van der Waals surface area (Å²) in [5.41, 5.74) is 5.37. The third-order valence-electron chi connectivity index (χ3n) is 2.90. The zero-order valence-corrected chi connectivity index (χ0v) is 11.6. The SMILES string of the molecule is CCC(C)(C)CNS(=O)(=O)c1cc(N)cc(F)c1. The van der Waals surface area contributed by atoms with Crippen molar-refractivity contribution in [3.63, 3.8) is 0 Å². The molecule has 102 valence electrons. The van der Waals surface area contributed by atoms with Gasteiger partial charge in [-0.15, -0.1) is 0 Å². The molecule has 1 aromatic rings. The van der Waals surface area contributed by atoms with Crippen LogP contribution in [0.1, 0.15) is 27.2 Å². The minimum absolute atomic E-state index is 0.0881. The molecule has 0 heterocycles. The molecule has 18 heavy (non-hydrogen) atoms. The van der Waals surface area contributed by atoms with Crippen molar-refractivity contribution >= 4 is 15.7 Å². The molecule has 0 fully saturated rings. The number of rotatable bonds is 5. The Kier molecular flexibility index (Phi) is 4.34. The van der Waals surface area contributed by atoms with E-state index < -0.39 is 15.8 Å². The predicted molar refractivity (Wildman–Crippen MR) is 70.1 cm³/mol. The van der Waals surface area contributed by atoms with Gasteiger partial charge < -0.3 is 5.73 Å². The molecule has 0 radical (unpaired) electrons. The maximum Gasteiger partial charge on any atom is 0.240 e. The topological polar surface area (TPSA) is 72.2 Å². The monoisotopic (exact) mass is 274 g/mol. The van der Waals surface area contributed by atoms with Crippen LogP contribution in [0.3, 0.4) is 0 Å². The van der Waals surface area contributed by atoms with E-state index in [0.29, 0.717) is 6.54 Å². The lowest BCUT2D eigenvalue weighted by molar-refractivity contribution is 0.350. The van der Waals surface area contributed by atoms with E-state index in [4.69, 9.17) is 5.73 Å². The normalized spacial score (nSPS) is 12.7. The van der Waals surface area contributed by atoms with Crippen molar-refractivity contribution in [1.29, 1.82) is 0 Å². The third kappa shape index (κ3) is 3.96. The zero-order chi connectivity index (χ0) is 14.0. The Morgan fingerprint density at radius 1 is 1.33 bits per heavy atom. The van der Waals surface area contributed by atoms with E-state index in [1.165, 1.54) is 6.07 Å². The van der Waals surface area contributed by atoms with Crippen molar-refractivity contribution in [2.24, 2.45) is 5.41 Å². The van der Waals surface area contributed by atoms with Gasteiger partial charge in [-0.1, -0.05) is 20.8 Å². The maximum absolute atomic E-state index is 13.1. The fourth-order valence-electron chi connectivity index (χ4n) is 1.24. The molecule has 0 bridgehead atoms. The van der Waals surface area contributed by atoms with Crippen LogP contribution < -0.4 is 10.5 Å². The van der Waals surface area contributed by atoms with Crippen LogP contribution >= 0.6 is 0 Å². The highest BCUT2D eigenvalue weighted by molar-refractivity contribution is 7.89. The maximum atomic E-state index is 13.1. The molecule has 0 atom stereocenters. The first kappa shape index (κ1) is 14.9. The number of hydrogen-bond acceptors (Lipinski definition) is 3. The summed E-state index contributed by atoms with van der Waals surface area (Å²) >= 11 is 0. The molecule has 0 amide bonds. The van der Waals surface area contributed by atoms with E-state index in [1.54, 1.807) is 0 Å². The van der Waals surface area contributed by atoms with E-state index in [2.05, 4.69) is 4.72 Å². The fraction of sp³-hybridized carbons (Fsp3) is 0.500. The Balaban J connectivity index is 2.93. The van der Waals surface area contributed by atoms with Gasteiger partial charge in [-0.25, -0.2) is 17.5 Å². The molecule has 0 aromatic heterocycles. The lowest BCUT2D eigenvalue weighted by Gasteiger charge is -2.22. The minimum atomic E-state index is -3.72. The van der Waals surface area contributed by atoms with Gasteiger partial charge in [-0.2, -0.15) is 0 Å². The molecule has 0 saturated heterocycles. The number of sulfonamides is 1. The van der Waals surface area contributed by atoms with Gasteiger partial charge in [0.1, 0.15) is 5.82 Å². The van der Waals surface area contributed by atoms with Crippen molar-refractivity contribution in [3.05, 3.63) is 24.0 Å². The molecule has 1 rings (SSSR count). The molecule has 0 spiro atoms. The van der Waals surface area contributed by atoms with Crippen molar-refractivity contribution in [1.82, 2.24) is 4.72 Å². The summed E-state index contributed by atoms with van der Waals surface area (Å²) in [6.45, 7) is 6.18. The molecule has 6 heteroatoms. The number of benzene rings is 1. The van der Waals surface area contributed by atoms with Crippen molar-refractivity contribution in [3.8, 4) is 0 Å². The van der Waals surface area contributed by atoms with E-state index in [0.717, 1.165) is 18.6 Å². The molecule has 0 unspecified atom stereocenters.